The SMILES string of the molecule is Cn1nccc1CCC(C)(O)c1ccccc1Cl. The van der Waals surface area contributed by atoms with Crippen LogP contribution in [0.1, 0.15) is 24.6 Å². The summed E-state index contributed by atoms with van der Waals surface area (Å²) in [5, 5.41) is 15.3. The predicted octanol–water partition coefficient (Wildman–Crippen LogP) is 2.91. The van der Waals surface area contributed by atoms with Gasteiger partial charge in [0.2, 0.25) is 0 Å². The van der Waals surface area contributed by atoms with E-state index in [0.717, 1.165) is 17.7 Å². The van der Waals surface area contributed by atoms with Gasteiger partial charge in [-0.25, -0.2) is 0 Å². The lowest BCUT2D eigenvalue weighted by molar-refractivity contribution is 0.0477. The van der Waals surface area contributed by atoms with Gasteiger partial charge in [0.05, 0.1) is 5.60 Å². The number of halogens is 1. The number of rotatable bonds is 4. The van der Waals surface area contributed by atoms with E-state index in [1.165, 1.54) is 0 Å². The summed E-state index contributed by atoms with van der Waals surface area (Å²) < 4.78 is 1.82. The summed E-state index contributed by atoms with van der Waals surface area (Å²) in [6, 6.07) is 9.38. The first-order chi connectivity index (χ1) is 8.50. The number of aliphatic hydroxyl groups is 1. The molecule has 0 amide bonds. The van der Waals surface area contributed by atoms with E-state index >= 15 is 0 Å². The van der Waals surface area contributed by atoms with Crippen LogP contribution in [-0.4, -0.2) is 14.9 Å². The Hall–Kier alpha value is -1.32. The molecule has 3 nitrogen and oxygen atoms in total. The van der Waals surface area contributed by atoms with Gasteiger partial charge >= 0.3 is 0 Å². The molecule has 0 aliphatic rings. The fourth-order valence-corrected chi connectivity index (χ4v) is 2.39. The highest BCUT2D eigenvalue weighted by Gasteiger charge is 2.25. The Labute approximate surface area is 112 Å². The molecular formula is C14H17ClN2O. The summed E-state index contributed by atoms with van der Waals surface area (Å²) in [5.74, 6) is 0. The first kappa shape index (κ1) is 13.1. The summed E-state index contributed by atoms with van der Waals surface area (Å²) in [4.78, 5) is 0. The van der Waals surface area contributed by atoms with Gasteiger partial charge in [0.25, 0.3) is 0 Å². The van der Waals surface area contributed by atoms with E-state index in [4.69, 9.17) is 11.6 Å². The first-order valence-corrected chi connectivity index (χ1v) is 6.33. The Morgan fingerprint density at radius 2 is 2.06 bits per heavy atom. The van der Waals surface area contributed by atoms with Crippen LogP contribution < -0.4 is 0 Å². The van der Waals surface area contributed by atoms with Gasteiger partial charge in [-0.15, -0.1) is 0 Å². The summed E-state index contributed by atoms with van der Waals surface area (Å²) >= 11 is 6.12. The molecule has 4 heteroatoms. The zero-order valence-electron chi connectivity index (χ0n) is 10.6. The summed E-state index contributed by atoms with van der Waals surface area (Å²) in [6.45, 7) is 1.80. The topological polar surface area (TPSA) is 38.0 Å². The van der Waals surface area contributed by atoms with E-state index in [1.54, 1.807) is 19.2 Å². The van der Waals surface area contributed by atoms with Crippen LogP contribution in [0.15, 0.2) is 36.5 Å². The molecule has 2 aromatic rings. The molecule has 1 aromatic heterocycles. The molecule has 0 fully saturated rings. The lowest BCUT2D eigenvalue weighted by Gasteiger charge is -2.24. The maximum Gasteiger partial charge on any atom is 0.0886 e. The van der Waals surface area contributed by atoms with Crippen LogP contribution in [0.25, 0.3) is 0 Å². The Balaban J connectivity index is 2.13. The zero-order chi connectivity index (χ0) is 13.2. The van der Waals surface area contributed by atoms with Crippen LogP contribution >= 0.6 is 11.6 Å². The van der Waals surface area contributed by atoms with Crippen molar-refractivity contribution >= 4 is 11.6 Å². The number of hydrogen-bond donors (Lipinski definition) is 1. The van der Waals surface area contributed by atoms with Crippen LogP contribution in [0.3, 0.4) is 0 Å². The van der Waals surface area contributed by atoms with Gasteiger partial charge in [-0.3, -0.25) is 4.68 Å². The molecule has 0 saturated heterocycles. The van der Waals surface area contributed by atoms with Gasteiger partial charge in [-0.05, 0) is 31.9 Å². The van der Waals surface area contributed by atoms with Crippen molar-refractivity contribution in [1.82, 2.24) is 9.78 Å². The Morgan fingerprint density at radius 1 is 1.33 bits per heavy atom. The summed E-state index contributed by atoms with van der Waals surface area (Å²) in [5.41, 5.74) is 0.943. The molecule has 2 rings (SSSR count). The van der Waals surface area contributed by atoms with Crippen LogP contribution in [0.2, 0.25) is 5.02 Å². The molecular weight excluding hydrogens is 248 g/mol. The van der Waals surface area contributed by atoms with Crippen LogP contribution in [0, 0.1) is 0 Å². The normalized spacial score (nSPS) is 14.4. The van der Waals surface area contributed by atoms with E-state index in [1.807, 2.05) is 36.0 Å². The molecule has 0 aliphatic heterocycles. The molecule has 18 heavy (non-hydrogen) atoms. The van der Waals surface area contributed by atoms with Crippen molar-refractivity contribution in [1.29, 1.82) is 0 Å². The first-order valence-electron chi connectivity index (χ1n) is 5.95. The monoisotopic (exact) mass is 264 g/mol. The van der Waals surface area contributed by atoms with Gasteiger partial charge in [-0.1, -0.05) is 29.8 Å². The van der Waals surface area contributed by atoms with E-state index in [9.17, 15) is 5.11 Å². The third-order valence-corrected chi connectivity index (χ3v) is 3.57. The fourth-order valence-electron chi connectivity index (χ4n) is 2.05. The lowest BCUT2D eigenvalue weighted by Crippen LogP contribution is -2.23. The second-order valence-corrected chi connectivity index (χ2v) is 5.11. The second kappa shape index (κ2) is 5.12. The highest BCUT2D eigenvalue weighted by atomic mass is 35.5. The van der Waals surface area contributed by atoms with Gasteiger partial charge in [0.15, 0.2) is 0 Å². The number of aryl methyl sites for hydroxylation is 2. The van der Waals surface area contributed by atoms with E-state index < -0.39 is 5.60 Å². The minimum absolute atomic E-state index is 0.604. The highest BCUT2D eigenvalue weighted by Crippen LogP contribution is 2.31. The maximum absolute atomic E-state index is 10.5. The molecule has 96 valence electrons. The number of nitrogens with zero attached hydrogens (tertiary/aromatic N) is 2. The van der Waals surface area contributed by atoms with Crippen molar-refractivity contribution in [2.75, 3.05) is 0 Å². The van der Waals surface area contributed by atoms with Crippen LogP contribution in [0.5, 0.6) is 0 Å². The average molecular weight is 265 g/mol. The fraction of sp³-hybridized carbons (Fsp3) is 0.357. The number of benzene rings is 1. The summed E-state index contributed by atoms with van der Waals surface area (Å²) in [7, 11) is 1.90. The highest BCUT2D eigenvalue weighted by molar-refractivity contribution is 6.31. The van der Waals surface area contributed by atoms with Crippen molar-refractivity contribution < 1.29 is 5.11 Å². The third-order valence-electron chi connectivity index (χ3n) is 3.24. The molecule has 1 unspecified atom stereocenters. The van der Waals surface area contributed by atoms with E-state index in [2.05, 4.69) is 5.10 Å². The van der Waals surface area contributed by atoms with Gasteiger partial charge in [-0.2, -0.15) is 5.10 Å². The molecule has 1 heterocycles. The molecule has 0 saturated carbocycles. The summed E-state index contributed by atoms with van der Waals surface area (Å²) in [6.07, 6.45) is 3.13. The Kier molecular flexibility index (Phi) is 3.73. The van der Waals surface area contributed by atoms with Crippen molar-refractivity contribution in [3.8, 4) is 0 Å². The van der Waals surface area contributed by atoms with Crippen LogP contribution in [-0.2, 0) is 19.1 Å². The predicted molar refractivity (Wildman–Crippen MR) is 72.6 cm³/mol. The van der Waals surface area contributed by atoms with E-state index in [-0.39, 0.29) is 0 Å². The third kappa shape index (κ3) is 2.74. The van der Waals surface area contributed by atoms with Gasteiger partial charge in [0, 0.05) is 29.5 Å². The molecule has 0 aliphatic carbocycles. The number of hydrogen-bond acceptors (Lipinski definition) is 2. The van der Waals surface area contributed by atoms with Crippen LogP contribution in [0.4, 0.5) is 0 Å². The molecule has 1 N–H and O–H groups in total. The zero-order valence-corrected chi connectivity index (χ0v) is 11.4. The smallest absolute Gasteiger partial charge is 0.0886 e. The molecule has 0 bridgehead atoms. The van der Waals surface area contributed by atoms with Gasteiger partial charge in [0.1, 0.15) is 0 Å². The minimum Gasteiger partial charge on any atom is -0.385 e. The molecule has 1 aromatic carbocycles. The van der Waals surface area contributed by atoms with E-state index in [0.29, 0.717) is 11.4 Å². The Bertz CT molecular complexity index is 534. The molecule has 0 radical (unpaired) electrons. The quantitative estimate of drug-likeness (QED) is 0.922. The largest absolute Gasteiger partial charge is 0.385 e. The van der Waals surface area contributed by atoms with Crippen molar-refractivity contribution in [2.45, 2.75) is 25.4 Å². The molecule has 0 spiro atoms. The maximum atomic E-state index is 10.5. The number of aromatic nitrogens is 2. The van der Waals surface area contributed by atoms with Crippen molar-refractivity contribution in [3.63, 3.8) is 0 Å². The van der Waals surface area contributed by atoms with Crippen molar-refractivity contribution in [3.05, 3.63) is 52.8 Å². The lowest BCUT2D eigenvalue weighted by atomic mass is 9.90. The standard InChI is InChI=1S/C14H17ClN2O/c1-14(18,12-5-3-4-6-13(12)15)9-7-11-8-10-16-17(11)2/h3-6,8,10,18H,7,9H2,1-2H3. The minimum atomic E-state index is -0.928. The Morgan fingerprint density at radius 3 is 2.67 bits per heavy atom. The average Bonchev–Trinajstić information content (AvgIpc) is 2.73. The second-order valence-electron chi connectivity index (χ2n) is 4.70. The van der Waals surface area contributed by atoms with Crippen molar-refractivity contribution in [2.24, 2.45) is 7.05 Å². The molecule has 1 atom stereocenters. The van der Waals surface area contributed by atoms with Gasteiger partial charge < -0.3 is 5.11 Å².